The molecule has 112 valence electrons. The summed E-state index contributed by atoms with van der Waals surface area (Å²) in [7, 11) is -3.72. The molecule has 1 aromatic carbocycles. The maximum absolute atomic E-state index is 12.4. The number of halogens is 1. The van der Waals surface area contributed by atoms with E-state index in [0.717, 1.165) is 0 Å². The van der Waals surface area contributed by atoms with Crippen molar-refractivity contribution in [3.05, 3.63) is 52.8 Å². The minimum absolute atomic E-state index is 0.0402. The highest BCUT2D eigenvalue weighted by atomic mass is 35.5. The van der Waals surface area contributed by atoms with Gasteiger partial charge in [-0.25, -0.2) is 13.1 Å². The Morgan fingerprint density at radius 3 is 2.62 bits per heavy atom. The highest BCUT2D eigenvalue weighted by Gasteiger charge is 2.20. The lowest BCUT2D eigenvalue weighted by Crippen LogP contribution is -2.27. The Morgan fingerprint density at radius 2 is 2.05 bits per heavy atom. The number of nitrogen functional groups attached to an aromatic ring is 1. The number of nitrogens with one attached hydrogen (secondary N) is 1. The van der Waals surface area contributed by atoms with Crippen LogP contribution in [0.25, 0.3) is 0 Å². The summed E-state index contributed by atoms with van der Waals surface area (Å²) in [6.07, 6.45) is 1.61. The van der Waals surface area contributed by atoms with E-state index in [-0.39, 0.29) is 4.90 Å². The summed E-state index contributed by atoms with van der Waals surface area (Å²) in [6, 6.07) is 7.65. The van der Waals surface area contributed by atoms with E-state index in [1.807, 2.05) is 0 Å². The van der Waals surface area contributed by atoms with Crippen LogP contribution in [0.2, 0.25) is 5.02 Å². The van der Waals surface area contributed by atoms with Gasteiger partial charge < -0.3 is 5.73 Å². The molecule has 21 heavy (non-hydrogen) atoms. The van der Waals surface area contributed by atoms with E-state index in [1.54, 1.807) is 38.2 Å². The van der Waals surface area contributed by atoms with Crippen LogP contribution in [-0.4, -0.2) is 13.4 Å². The van der Waals surface area contributed by atoms with E-state index in [0.29, 0.717) is 22.0 Å². The number of aromatic nitrogens is 1. The lowest BCUT2D eigenvalue weighted by Gasteiger charge is -2.15. The van der Waals surface area contributed by atoms with Crippen molar-refractivity contribution in [1.82, 2.24) is 9.71 Å². The van der Waals surface area contributed by atoms with Gasteiger partial charge in [0.15, 0.2) is 0 Å². The Hall–Kier alpha value is -1.63. The number of sulfonamides is 1. The molecular formula is C14H16ClN3O2S. The first-order chi connectivity index (χ1) is 9.81. The summed E-state index contributed by atoms with van der Waals surface area (Å²) in [4.78, 5) is 4.17. The van der Waals surface area contributed by atoms with Gasteiger partial charge >= 0.3 is 0 Å². The summed E-state index contributed by atoms with van der Waals surface area (Å²) in [5, 5.41) is 0.320. The third-order valence-corrected chi connectivity index (χ3v) is 5.04. The van der Waals surface area contributed by atoms with Gasteiger partial charge in [0.05, 0.1) is 16.6 Å². The predicted octanol–water partition coefficient (Wildman–Crippen LogP) is 2.67. The van der Waals surface area contributed by atoms with Gasteiger partial charge in [-0.3, -0.25) is 4.98 Å². The number of nitrogens with zero attached hydrogens (tertiary/aromatic N) is 1. The molecule has 7 heteroatoms. The molecule has 1 atom stereocenters. The monoisotopic (exact) mass is 325 g/mol. The zero-order valence-electron chi connectivity index (χ0n) is 11.7. The predicted molar refractivity (Wildman–Crippen MR) is 83.6 cm³/mol. The Bertz CT molecular complexity index is 725. The third-order valence-electron chi connectivity index (χ3n) is 3.13. The van der Waals surface area contributed by atoms with Crippen molar-refractivity contribution in [3.8, 4) is 0 Å². The summed E-state index contributed by atoms with van der Waals surface area (Å²) < 4.78 is 27.3. The quantitative estimate of drug-likeness (QED) is 0.846. The standard InChI is InChI=1S/C14H16ClN3O2S/c1-9-12(15)7-11(8-13(9)16)21(19,20)18-10(2)14-5-3-4-6-17-14/h3-8,10,18H,16H2,1-2H3. The fourth-order valence-corrected chi connectivity index (χ4v) is 3.39. The molecule has 1 heterocycles. The minimum atomic E-state index is -3.72. The molecule has 2 aromatic rings. The number of pyridine rings is 1. The largest absolute Gasteiger partial charge is 0.398 e. The molecule has 0 aliphatic rings. The van der Waals surface area contributed by atoms with Gasteiger partial charge in [-0.1, -0.05) is 17.7 Å². The normalized spacial score (nSPS) is 13.1. The number of hydrogen-bond acceptors (Lipinski definition) is 4. The Kier molecular flexibility index (Phi) is 4.51. The summed E-state index contributed by atoms with van der Waals surface area (Å²) in [5.74, 6) is 0. The molecule has 0 aliphatic heterocycles. The summed E-state index contributed by atoms with van der Waals surface area (Å²) in [6.45, 7) is 3.46. The maximum Gasteiger partial charge on any atom is 0.241 e. The smallest absolute Gasteiger partial charge is 0.241 e. The molecule has 0 saturated carbocycles. The van der Waals surface area contributed by atoms with Gasteiger partial charge in [0.1, 0.15) is 0 Å². The van der Waals surface area contributed by atoms with Crippen LogP contribution in [-0.2, 0) is 10.0 Å². The molecule has 0 spiro atoms. The molecule has 0 aliphatic carbocycles. The molecule has 2 rings (SSSR count). The van der Waals surface area contributed by atoms with Crippen LogP contribution in [0.3, 0.4) is 0 Å². The van der Waals surface area contributed by atoms with E-state index in [2.05, 4.69) is 9.71 Å². The SMILES string of the molecule is Cc1c(N)cc(S(=O)(=O)NC(C)c2ccccn2)cc1Cl. The van der Waals surface area contributed by atoms with Crippen LogP contribution in [0.5, 0.6) is 0 Å². The Morgan fingerprint density at radius 1 is 1.33 bits per heavy atom. The minimum Gasteiger partial charge on any atom is -0.398 e. The van der Waals surface area contributed by atoms with Crippen molar-refractivity contribution in [2.45, 2.75) is 24.8 Å². The molecule has 0 radical (unpaired) electrons. The molecule has 0 fully saturated rings. The van der Waals surface area contributed by atoms with Crippen LogP contribution in [0.15, 0.2) is 41.4 Å². The average molecular weight is 326 g/mol. The molecule has 0 saturated heterocycles. The maximum atomic E-state index is 12.4. The van der Waals surface area contributed by atoms with Gasteiger partial charge in [0.25, 0.3) is 0 Å². The topological polar surface area (TPSA) is 85.1 Å². The van der Waals surface area contributed by atoms with E-state index < -0.39 is 16.1 Å². The van der Waals surface area contributed by atoms with Crippen molar-refractivity contribution in [1.29, 1.82) is 0 Å². The molecule has 1 aromatic heterocycles. The third kappa shape index (κ3) is 3.53. The molecule has 5 nitrogen and oxygen atoms in total. The fraction of sp³-hybridized carbons (Fsp3) is 0.214. The van der Waals surface area contributed by atoms with E-state index in [4.69, 9.17) is 17.3 Å². The Labute approximate surface area is 129 Å². The van der Waals surface area contributed by atoms with E-state index in [1.165, 1.54) is 12.1 Å². The van der Waals surface area contributed by atoms with Crippen LogP contribution in [0.4, 0.5) is 5.69 Å². The second-order valence-electron chi connectivity index (χ2n) is 4.72. The number of rotatable bonds is 4. The lowest BCUT2D eigenvalue weighted by atomic mass is 10.2. The molecule has 0 amide bonds. The van der Waals surface area contributed by atoms with E-state index >= 15 is 0 Å². The van der Waals surface area contributed by atoms with Crippen molar-refractivity contribution in [2.24, 2.45) is 0 Å². The number of hydrogen-bond donors (Lipinski definition) is 2. The second-order valence-corrected chi connectivity index (χ2v) is 6.84. The van der Waals surface area contributed by atoms with Gasteiger partial charge in [0, 0.05) is 16.9 Å². The fourth-order valence-electron chi connectivity index (χ4n) is 1.82. The number of nitrogens with two attached hydrogens (primary N) is 1. The Balaban J connectivity index is 2.31. The number of benzene rings is 1. The second kappa shape index (κ2) is 6.01. The van der Waals surface area contributed by atoms with Crippen molar-refractivity contribution in [3.63, 3.8) is 0 Å². The summed E-state index contributed by atoms with van der Waals surface area (Å²) in [5.41, 5.74) is 7.40. The molecular weight excluding hydrogens is 310 g/mol. The highest BCUT2D eigenvalue weighted by molar-refractivity contribution is 7.89. The first-order valence-electron chi connectivity index (χ1n) is 6.30. The summed E-state index contributed by atoms with van der Waals surface area (Å²) >= 11 is 5.99. The van der Waals surface area contributed by atoms with Crippen molar-refractivity contribution < 1.29 is 8.42 Å². The average Bonchev–Trinajstić information content (AvgIpc) is 2.44. The number of anilines is 1. The van der Waals surface area contributed by atoms with E-state index in [9.17, 15) is 8.42 Å². The highest BCUT2D eigenvalue weighted by Crippen LogP contribution is 2.26. The first kappa shape index (κ1) is 15.8. The molecule has 3 N–H and O–H groups in total. The zero-order valence-corrected chi connectivity index (χ0v) is 13.2. The molecule has 1 unspecified atom stereocenters. The lowest BCUT2D eigenvalue weighted by molar-refractivity contribution is 0.564. The van der Waals surface area contributed by atoms with Gasteiger partial charge in [-0.15, -0.1) is 0 Å². The zero-order chi connectivity index (χ0) is 15.6. The van der Waals surface area contributed by atoms with Crippen LogP contribution in [0.1, 0.15) is 24.2 Å². The van der Waals surface area contributed by atoms with Crippen LogP contribution >= 0.6 is 11.6 Å². The first-order valence-corrected chi connectivity index (χ1v) is 8.16. The van der Waals surface area contributed by atoms with Crippen molar-refractivity contribution >= 4 is 27.3 Å². The van der Waals surface area contributed by atoms with Gasteiger partial charge in [-0.2, -0.15) is 0 Å². The van der Waals surface area contributed by atoms with Gasteiger partial charge in [-0.05, 0) is 43.7 Å². The van der Waals surface area contributed by atoms with Crippen molar-refractivity contribution in [2.75, 3.05) is 5.73 Å². The molecule has 0 bridgehead atoms. The van der Waals surface area contributed by atoms with Gasteiger partial charge in [0.2, 0.25) is 10.0 Å². The van der Waals surface area contributed by atoms with Crippen LogP contribution in [0, 0.1) is 6.92 Å². The van der Waals surface area contributed by atoms with Crippen LogP contribution < -0.4 is 10.5 Å².